The summed E-state index contributed by atoms with van der Waals surface area (Å²) in [5, 5.41) is 0. The quantitative estimate of drug-likeness (QED) is 0.469. The summed E-state index contributed by atoms with van der Waals surface area (Å²) in [6.07, 6.45) is 5.84. The Morgan fingerprint density at radius 3 is 2.08 bits per heavy atom. The van der Waals surface area contributed by atoms with Crippen molar-refractivity contribution in [1.29, 1.82) is 0 Å². The predicted octanol–water partition coefficient (Wildman–Crippen LogP) is 3.15. The first-order chi connectivity index (χ1) is 6.05. The molecule has 0 aromatic heterocycles. The Morgan fingerprint density at radius 2 is 1.69 bits per heavy atom. The van der Waals surface area contributed by atoms with Crippen LogP contribution in [0.25, 0.3) is 0 Å². The summed E-state index contributed by atoms with van der Waals surface area (Å²) in [6.45, 7) is 14.0. The summed E-state index contributed by atoms with van der Waals surface area (Å²) in [4.78, 5) is 2.55. The van der Waals surface area contributed by atoms with Gasteiger partial charge in [0.15, 0.2) is 0 Å². The maximum absolute atomic E-state index is 2.55. The zero-order valence-corrected chi connectivity index (χ0v) is 10.9. The van der Waals surface area contributed by atoms with E-state index in [0.29, 0.717) is 0 Å². The zero-order valence-electron chi connectivity index (χ0n) is 9.93. The lowest BCUT2D eigenvalue weighted by molar-refractivity contribution is 0.347. The minimum Gasteiger partial charge on any atom is -0.307 e. The molecule has 0 heterocycles. The molecule has 0 saturated carbocycles. The van der Waals surface area contributed by atoms with Gasteiger partial charge >= 0.3 is 0 Å². The smallest absolute Gasteiger partial charge is 0.0666 e. The molecule has 0 aliphatic carbocycles. The Balaban J connectivity index is 3.97. The summed E-state index contributed by atoms with van der Waals surface area (Å²) in [5.41, 5.74) is 0. The molecule has 0 aliphatic heterocycles. The second kappa shape index (κ2) is 6.38. The summed E-state index contributed by atoms with van der Waals surface area (Å²) in [7, 11) is -0.990. The van der Waals surface area contributed by atoms with Crippen molar-refractivity contribution in [3.8, 4) is 0 Å². The van der Waals surface area contributed by atoms with Gasteiger partial charge in [0.05, 0.1) is 8.07 Å². The fourth-order valence-corrected chi connectivity index (χ4v) is 4.21. The van der Waals surface area contributed by atoms with Gasteiger partial charge in [-0.25, -0.2) is 0 Å². The van der Waals surface area contributed by atoms with E-state index in [9.17, 15) is 0 Å². The molecular formula is C11H25NSi. The van der Waals surface area contributed by atoms with Gasteiger partial charge in [0.25, 0.3) is 0 Å². The molecule has 2 heteroatoms. The summed E-state index contributed by atoms with van der Waals surface area (Å²) >= 11 is 0. The van der Waals surface area contributed by atoms with Gasteiger partial charge in [0.1, 0.15) is 0 Å². The van der Waals surface area contributed by atoms with E-state index in [0.717, 1.165) is 0 Å². The first kappa shape index (κ1) is 12.9. The normalized spacial score (nSPS) is 13.1. The predicted molar refractivity (Wildman–Crippen MR) is 64.9 cm³/mol. The van der Waals surface area contributed by atoms with Crippen LogP contribution >= 0.6 is 0 Å². The minimum atomic E-state index is -0.990. The molecule has 0 atom stereocenters. The Morgan fingerprint density at radius 1 is 1.15 bits per heavy atom. The van der Waals surface area contributed by atoms with Crippen LogP contribution in [-0.2, 0) is 0 Å². The van der Waals surface area contributed by atoms with E-state index in [1.807, 2.05) is 0 Å². The van der Waals surface area contributed by atoms with Crippen LogP contribution in [0.2, 0.25) is 19.1 Å². The second-order valence-electron chi connectivity index (χ2n) is 4.40. The van der Waals surface area contributed by atoms with Crippen molar-refractivity contribution in [2.75, 3.05) is 19.3 Å². The highest BCUT2D eigenvalue weighted by Gasteiger charge is 2.21. The molecule has 0 fully saturated rings. The first-order valence-electron chi connectivity index (χ1n) is 5.39. The SMILES string of the molecule is C/C=C/C[Si](C)(C)CN(CC)CC. The summed E-state index contributed by atoms with van der Waals surface area (Å²) in [5.74, 6) is 0. The zero-order chi connectivity index (χ0) is 10.3. The molecule has 0 amide bonds. The molecule has 0 aromatic rings. The van der Waals surface area contributed by atoms with Gasteiger partial charge in [0.2, 0.25) is 0 Å². The third-order valence-electron chi connectivity index (χ3n) is 2.45. The van der Waals surface area contributed by atoms with Crippen LogP contribution in [0.4, 0.5) is 0 Å². The molecule has 0 spiro atoms. The van der Waals surface area contributed by atoms with E-state index in [1.54, 1.807) is 0 Å². The van der Waals surface area contributed by atoms with E-state index in [1.165, 1.54) is 25.3 Å². The van der Waals surface area contributed by atoms with E-state index in [2.05, 4.69) is 50.9 Å². The highest BCUT2D eigenvalue weighted by Crippen LogP contribution is 2.11. The van der Waals surface area contributed by atoms with Gasteiger partial charge in [-0.05, 0) is 32.2 Å². The van der Waals surface area contributed by atoms with Crippen LogP contribution in [0.3, 0.4) is 0 Å². The lowest BCUT2D eigenvalue weighted by atomic mass is 10.6. The molecule has 1 nitrogen and oxygen atoms in total. The second-order valence-corrected chi connectivity index (χ2v) is 9.45. The van der Waals surface area contributed by atoms with Crippen molar-refractivity contribution in [3.63, 3.8) is 0 Å². The number of rotatable bonds is 6. The van der Waals surface area contributed by atoms with Crippen LogP contribution < -0.4 is 0 Å². The van der Waals surface area contributed by atoms with Crippen LogP contribution in [0.1, 0.15) is 20.8 Å². The highest BCUT2D eigenvalue weighted by atomic mass is 28.3. The van der Waals surface area contributed by atoms with E-state index in [4.69, 9.17) is 0 Å². The molecule has 78 valence electrons. The van der Waals surface area contributed by atoms with Crippen LogP contribution in [0.15, 0.2) is 12.2 Å². The molecular weight excluding hydrogens is 174 g/mol. The Bertz CT molecular complexity index is 148. The third-order valence-corrected chi connectivity index (χ3v) is 5.10. The highest BCUT2D eigenvalue weighted by molar-refractivity contribution is 6.78. The Kier molecular flexibility index (Phi) is 6.34. The maximum Gasteiger partial charge on any atom is 0.0666 e. The number of hydrogen-bond acceptors (Lipinski definition) is 1. The topological polar surface area (TPSA) is 3.24 Å². The third kappa shape index (κ3) is 6.05. The van der Waals surface area contributed by atoms with Crippen LogP contribution in [-0.4, -0.2) is 32.2 Å². The lowest BCUT2D eigenvalue weighted by Gasteiger charge is -2.28. The molecule has 13 heavy (non-hydrogen) atoms. The summed E-state index contributed by atoms with van der Waals surface area (Å²) < 4.78 is 0. The Hall–Kier alpha value is -0.0831. The fourth-order valence-electron chi connectivity index (χ4n) is 1.55. The molecule has 0 bridgehead atoms. The summed E-state index contributed by atoms with van der Waals surface area (Å²) in [6, 6.07) is 1.32. The molecule has 0 N–H and O–H groups in total. The number of hydrogen-bond donors (Lipinski definition) is 0. The molecule has 0 aliphatic rings. The standard InChI is InChI=1S/C11H25NSi/c1-6-9-10-13(4,5)11-12(7-2)8-3/h6,9H,7-8,10-11H2,1-5H3/b9-6+. The van der Waals surface area contributed by atoms with Crippen molar-refractivity contribution in [2.45, 2.75) is 39.9 Å². The van der Waals surface area contributed by atoms with E-state index in [-0.39, 0.29) is 0 Å². The maximum atomic E-state index is 2.55. The van der Waals surface area contributed by atoms with Crippen molar-refractivity contribution < 1.29 is 0 Å². The first-order valence-corrected chi connectivity index (χ1v) is 8.80. The number of nitrogens with zero attached hydrogens (tertiary/aromatic N) is 1. The average Bonchev–Trinajstić information content (AvgIpc) is 2.11. The molecule has 0 radical (unpaired) electrons. The molecule has 0 unspecified atom stereocenters. The van der Waals surface area contributed by atoms with Gasteiger partial charge in [0, 0.05) is 0 Å². The van der Waals surface area contributed by atoms with E-state index >= 15 is 0 Å². The van der Waals surface area contributed by atoms with Crippen LogP contribution in [0, 0.1) is 0 Å². The number of allylic oxidation sites excluding steroid dienone is 2. The van der Waals surface area contributed by atoms with Crippen molar-refractivity contribution >= 4 is 8.07 Å². The van der Waals surface area contributed by atoms with Gasteiger partial charge in [-0.3, -0.25) is 0 Å². The fraction of sp³-hybridized carbons (Fsp3) is 0.818. The van der Waals surface area contributed by atoms with Gasteiger partial charge in [-0.15, -0.1) is 0 Å². The van der Waals surface area contributed by atoms with Crippen LogP contribution in [0.5, 0.6) is 0 Å². The average molecular weight is 199 g/mol. The van der Waals surface area contributed by atoms with Crippen molar-refractivity contribution in [3.05, 3.63) is 12.2 Å². The molecule has 0 saturated heterocycles. The molecule has 0 aromatic carbocycles. The largest absolute Gasteiger partial charge is 0.307 e. The monoisotopic (exact) mass is 199 g/mol. The van der Waals surface area contributed by atoms with Crippen molar-refractivity contribution in [2.24, 2.45) is 0 Å². The van der Waals surface area contributed by atoms with Gasteiger partial charge in [-0.1, -0.05) is 39.1 Å². The Labute approximate surface area is 84.8 Å². The van der Waals surface area contributed by atoms with Crippen molar-refractivity contribution in [1.82, 2.24) is 4.90 Å². The van der Waals surface area contributed by atoms with Gasteiger partial charge < -0.3 is 4.90 Å². The van der Waals surface area contributed by atoms with Gasteiger partial charge in [-0.2, -0.15) is 0 Å². The van der Waals surface area contributed by atoms with E-state index < -0.39 is 8.07 Å². The molecule has 0 rings (SSSR count). The minimum absolute atomic E-state index is 0.990. The lowest BCUT2D eigenvalue weighted by Crippen LogP contribution is -2.42.